The van der Waals surface area contributed by atoms with E-state index in [4.69, 9.17) is 10.8 Å². The Morgan fingerprint density at radius 3 is 1.88 bits per heavy atom. The Hall–Kier alpha value is -5.48. The van der Waals surface area contributed by atoms with Crippen LogP contribution in [0.25, 0.3) is 0 Å². The number of aliphatic carboxylic acids is 1. The van der Waals surface area contributed by atoms with Gasteiger partial charge in [-0.25, -0.2) is 0 Å². The molecule has 2 heterocycles. The molecule has 21 nitrogen and oxygen atoms in total. The second-order valence-electron chi connectivity index (χ2n) is 17.7. The van der Waals surface area contributed by atoms with Gasteiger partial charge in [-0.15, -0.1) is 0 Å². The number of thioether (sulfide) groups is 1. The van der Waals surface area contributed by atoms with E-state index in [0.29, 0.717) is 30.6 Å². The monoisotopic (exact) mass is 947 g/mol. The lowest BCUT2D eigenvalue weighted by Crippen LogP contribution is -2.61. The van der Waals surface area contributed by atoms with Crippen molar-refractivity contribution in [2.75, 3.05) is 31.6 Å². The summed E-state index contributed by atoms with van der Waals surface area (Å²) in [7, 11) is 0. The molecule has 0 radical (unpaired) electrons. The van der Waals surface area contributed by atoms with E-state index in [1.54, 1.807) is 26.0 Å². The van der Waals surface area contributed by atoms with Crippen molar-refractivity contribution in [3.63, 3.8) is 0 Å². The number of aliphatic hydroxyl groups excluding tert-OH is 1. The Bertz CT molecular complexity index is 1880. The number of carbonyl (C=O) groups excluding carboxylic acids is 8. The van der Waals surface area contributed by atoms with Gasteiger partial charge in [-0.3, -0.25) is 43.2 Å². The summed E-state index contributed by atoms with van der Waals surface area (Å²) in [6, 6.07) is -2.80. The molecular weight excluding hydrogens is 879 g/mol. The minimum atomic E-state index is -1.53. The fourth-order valence-corrected chi connectivity index (χ4v) is 8.22. The molecule has 1 aromatic rings. The number of phenolic OH excluding ortho intramolecular Hbond substituents is 1. The van der Waals surface area contributed by atoms with E-state index >= 15 is 0 Å². The van der Waals surface area contributed by atoms with E-state index in [1.807, 2.05) is 20.1 Å². The number of hydrogen-bond donors (Lipinski definition) is 10. The number of rotatable bonds is 24. The number of nitrogens with zero attached hydrogens (tertiary/aromatic N) is 2. The minimum absolute atomic E-state index is 0.0216. The van der Waals surface area contributed by atoms with Crippen LogP contribution >= 0.6 is 11.8 Å². The van der Waals surface area contributed by atoms with Crippen LogP contribution in [0.2, 0.25) is 0 Å². The van der Waals surface area contributed by atoms with Crippen LogP contribution in [0.15, 0.2) is 24.3 Å². The molecule has 0 spiro atoms. The van der Waals surface area contributed by atoms with Crippen molar-refractivity contribution < 1.29 is 58.5 Å². The predicted octanol–water partition coefficient (Wildman–Crippen LogP) is -1.28. The second kappa shape index (κ2) is 26.0. The number of hydrogen-bond acceptors (Lipinski definition) is 13. The maximum absolute atomic E-state index is 14.1. The number of nitrogens with two attached hydrogens (primary N) is 1. The van der Waals surface area contributed by atoms with Gasteiger partial charge in [0.1, 0.15) is 48.0 Å². The first-order valence-corrected chi connectivity index (χ1v) is 23.8. The van der Waals surface area contributed by atoms with Crippen LogP contribution < -0.4 is 37.6 Å². The Morgan fingerprint density at radius 2 is 1.32 bits per heavy atom. The van der Waals surface area contributed by atoms with Crippen LogP contribution in [-0.4, -0.2) is 164 Å². The lowest BCUT2D eigenvalue weighted by molar-refractivity contribution is -0.143. The van der Waals surface area contributed by atoms with E-state index in [0.717, 1.165) is 0 Å². The topological polar surface area (TPSA) is 319 Å². The van der Waals surface area contributed by atoms with Crippen molar-refractivity contribution in [1.29, 1.82) is 0 Å². The van der Waals surface area contributed by atoms with Gasteiger partial charge in [0.2, 0.25) is 47.3 Å². The number of aromatic hydroxyl groups is 1. The molecule has 8 amide bonds. The largest absolute Gasteiger partial charge is 0.508 e. The molecule has 0 unspecified atom stereocenters. The standard InChI is InChI=1S/C44H69N9O12S/c1-23(2)20-31(49-37(57)29(45)21-27-12-14-28(55)15-13-27)38(58)48-30(16-19-66-7)43(63)53-18-9-10-32(53)39(59)46-22-34(56)52-17-8-11-33(52)40(60)50-35(24(3)4)41(61)51-36(26(6)54)42(62)47-25(5)44(64)65/h12-15,23-26,29-33,35-36,54-55H,8-11,16-22,45H2,1-7H3,(H,46,59)(H,47,62)(H,48,58)(H,49,57)(H,50,60)(H,51,61)(H,64,65)/t25-,26+,29-,30-,31-,32-,33-,35-,36-/m0/s1. The van der Waals surface area contributed by atoms with E-state index < -0.39 is 120 Å². The van der Waals surface area contributed by atoms with Gasteiger partial charge in [0, 0.05) is 13.1 Å². The molecule has 2 saturated heterocycles. The molecule has 66 heavy (non-hydrogen) atoms. The normalized spacial score (nSPS) is 19.1. The Morgan fingerprint density at radius 1 is 0.742 bits per heavy atom. The predicted molar refractivity (Wildman–Crippen MR) is 244 cm³/mol. The SMILES string of the molecule is CSCC[C@H](NC(=O)[C@H](CC(C)C)NC(=O)[C@@H](N)Cc1ccc(O)cc1)C(=O)N1CCC[C@H]1C(=O)NCC(=O)N1CCC[C@H]1C(=O)N[C@H](C(=O)N[C@H](C(=O)N[C@@H](C)C(=O)O)[C@@H](C)O)C(C)C. The summed E-state index contributed by atoms with van der Waals surface area (Å²) < 4.78 is 0. The van der Waals surface area contributed by atoms with Crippen molar-refractivity contribution in [3.8, 4) is 5.75 Å². The smallest absolute Gasteiger partial charge is 0.325 e. The highest BCUT2D eigenvalue weighted by atomic mass is 32.2. The maximum Gasteiger partial charge on any atom is 0.325 e. The van der Waals surface area contributed by atoms with E-state index in [1.165, 1.54) is 47.5 Å². The molecular formula is C44H69N9O12S. The lowest BCUT2D eigenvalue weighted by Gasteiger charge is -2.31. The average molecular weight is 948 g/mol. The Kier molecular flexibility index (Phi) is 21.6. The number of likely N-dealkylation sites (tertiary alicyclic amines) is 2. The summed E-state index contributed by atoms with van der Waals surface area (Å²) >= 11 is 1.46. The molecule has 9 atom stereocenters. The van der Waals surface area contributed by atoms with Crippen molar-refractivity contribution in [2.45, 2.75) is 141 Å². The quantitative estimate of drug-likeness (QED) is 0.0578. The van der Waals surface area contributed by atoms with Crippen molar-refractivity contribution in [1.82, 2.24) is 41.7 Å². The zero-order valence-corrected chi connectivity index (χ0v) is 39.7. The summed E-state index contributed by atoms with van der Waals surface area (Å²) in [5.74, 6) is -6.52. The van der Waals surface area contributed by atoms with Crippen LogP contribution in [0.5, 0.6) is 5.75 Å². The first kappa shape index (κ1) is 54.9. The van der Waals surface area contributed by atoms with Crippen LogP contribution in [-0.2, 0) is 49.6 Å². The van der Waals surface area contributed by atoms with E-state index in [-0.39, 0.29) is 50.4 Å². The Labute approximate surface area is 389 Å². The molecule has 0 saturated carbocycles. The highest BCUT2D eigenvalue weighted by molar-refractivity contribution is 7.98. The van der Waals surface area contributed by atoms with Crippen LogP contribution in [0, 0.1) is 11.8 Å². The molecule has 0 bridgehead atoms. The van der Waals surface area contributed by atoms with Gasteiger partial charge in [0.15, 0.2) is 0 Å². The molecule has 2 aliphatic heterocycles. The first-order valence-electron chi connectivity index (χ1n) is 22.4. The number of carbonyl (C=O) groups is 9. The van der Waals surface area contributed by atoms with Gasteiger partial charge in [-0.2, -0.15) is 11.8 Å². The number of amides is 8. The molecule has 3 rings (SSSR count). The van der Waals surface area contributed by atoms with Crippen LogP contribution in [0.1, 0.15) is 85.6 Å². The van der Waals surface area contributed by atoms with Gasteiger partial charge < -0.3 is 62.8 Å². The number of carboxylic acids is 1. The molecule has 1 aromatic carbocycles. The van der Waals surface area contributed by atoms with E-state index in [9.17, 15) is 53.4 Å². The van der Waals surface area contributed by atoms with Gasteiger partial charge in [-0.05, 0) is 100 Å². The third kappa shape index (κ3) is 16.1. The number of nitrogens with one attached hydrogen (secondary N) is 6. The summed E-state index contributed by atoms with van der Waals surface area (Å²) in [6.07, 6.45) is 2.56. The number of benzene rings is 1. The fraction of sp³-hybridized carbons (Fsp3) is 0.659. The molecule has 0 aromatic heterocycles. The maximum atomic E-state index is 14.1. The van der Waals surface area contributed by atoms with Gasteiger partial charge in [0.25, 0.3) is 0 Å². The minimum Gasteiger partial charge on any atom is -0.508 e. The van der Waals surface area contributed by atoms with Crippen molar-refractivity contribution in [2.24, 2.45) is 17.6 Å². The molecule has 0 aliphatic carbocycles. The lowest BCUT2D eigenvalue weighted by atomic mass is 10.0. The van der Waals surface area contributed by atoms with Crippen molar-refractivity contribution >= 4 is 65.0 Å². The highest BCUT2D eigenvalue weighted by Gasteiger charge is 2.41. The number of aliphatic hydroxyl groups is 1. The molecule has 22 heteroatoms. The summed E-state index contributed by atoms with van der Waals surface area (Å²) in [6.45, 7) is 9.41. The summed E-state index contributed by atoms with van der Waals surface area (Å²) in [5, 5.41) is 44.4. The zero-order valence-electron chi connectivity index (χ0n) is 38.8. The second-order valence-corrected chi connectivity index (χ2v) is 18.7. The highest BCUT2D eigenvalue weighted by Crippen LogP contribution is 2.22. The zero-order chi connectivity index (χ0) is 49.4. The number of carboxylic acid groups (broad SMARTS) is 1. The third-order valence-corrected chi connectivity index (χ3v) is 12.1. The molecule has 11 N–H and O–H groups in total. The molecule has 2 fully saturated rings. The first-order chi connectivity index (χ1) is 31.0. The fourth-order valence-electron chi connectivity index (χ4n) is 7.75. The average Bonchev–Trinajstić information content (AvgIpc) is 3.96. The third-order valence-electron chi connectivity index (χ3n) is 11.5. The van der Waals surface area contributed by atoms with Crippen LogP contribution in [0.3, 0.4) is 0 Å². The summed E-state index contributed by atoms with van der Waals surface area (Å²) in [4.78, 5) is 122. The van der Waals surface area contributed by atoms with Crippen LogP contribution in [0.4, 0.5) is 0 Å². The Balaban J connectivity index is 1.65. The van der Waals surface area contributed by atoms with E-state index in [2.05, 4.69) is 31.9 Å². The van der Waals surface area contributed by atoms with Gasteiger partial charge in [0.05, 0.1) is 18.7 Å². The van der Waals surface area contributed by atoms with Crippen molar-refractivity contribution in [3.05, 3.63) is 29.8 Å². The van der Waals surface area contributed by atoms with Gasteiger partial charge >= 0.3 is 5.97 Å². The number of phenols is 1. The summed E-state index contributed by atoms with van der Waals surface area (Å²) in [5.41, 5.74) is 6.91. The molecule has 368 valence electrons. The molecule has 2 aliphatic rings. The van der Waals surface area contributed by atoms with Gasteiger partial charge in [-0.1, -0.05) is 39.8 Å².